The van der Waals surface area contributed by atoms with Crippen LogP contribution in [0.1, 0.15) is 37.7 Å². The number of carbonyl (C=O) groups excluding carboxylic acids is 2. The van der Waals surface area contributed by atoms with Gasteiger partial charge in [-0.3, -0.25) is 9.59 Å². The highest BCUT2D eigenvalue weighted by molar-refractivity contribution is 6.41. The molecule has 0 saturated heterocycles. The number of nitrogens with zero attached hydrogens (tertiary/aromatic N) is 1. The van der Waals surface area contributed by atoms with Gasteiger partial charge in [0.15, 0.2) is 11.6 Å². The number of hydrogen-bond donors (Lipinski definition) is 0. The number of benzene rings is 2. The molecule has 1 heterocycles. The van der Waals surface area contributed by atoms with Gasteiger partial charge in [-0.05, 0) is 49.8 Å². The van der Waals surface area contributed by atoms with Gasteiger partial charge in [0.25, 0.3) is 0 Å². The molecule has 0 amide bonds. The molecule has 0 N–H and O–H groups in total. The summed E-state index contributed by atoms with van der Waals surface area (Å²) in [4.78, 5) is 25.4. The summed E-state index contributed by atoms with van der Waals surface area (Å²) in [6.07, 6.45) is 1.68. The van der Waals surface area contributed by atoms with E-state index < -0.39 is 0 Å². The van der Waals surface area contributed by atoms with Gasteiger partial charge in [0.2, 0.25) is 0 Å². The molecule has 0 unspecified atom stereocenters. The first-order valence-electron chi connectivity index (χ1n) is 8.85. The van der Waals surface area contributed by atoms with Gasteiger partial charge in [-0.2, -0.15) is 0 Å². The van der Waals surface area contributed by atoms with Gasteiger partial charge >= 0.3 is 0 Å². The molecule has 2 aromatic carbocycles. The van der Waals surface area contributed by atoms with Gasteiger partial charge in [-0.1, -0.05) is 35.9 Å². The molecule has 1 aliphatic carbocycles. The summed E-state index contributed by atoms with van der Waals surface area (Å²) in [6.45, 7) is 3.90. The normalized spacial score (nSPS) is 13.1. The van der Waals surface area contributed by atoms with Crippen molar-refractivity contribution in [3.05, 3.63) is 87.2 Å². The zero-order valence-corrected chi connectivity index (χ0v) is 16.5. The van der Waals surface area contributed by atoms with Gasteiger partial charge in [0.05, 0.1) is 18.4 Å². The van der Waals surface area contributed by atoms with Crippen LogP contribution >= 0.6 is 11.6 Å². The Hall–Kier alpha value is -3.11. The van der Waals surface area contributed by atoms with Crippen LogP contribution in [0.15, 0.2) is 54.1 Å². The van der Waals surface area contributed by atoms with Crippen LogP contribution in [0.4, 0.5) is 0 Å². The topological polar surface area (TPSA) is 48.3 Å². The van der Waals surface area contributed by atoms with Crippen LogP contribution in [-0.4, -0.2) is 23.2 Å². The Balaban J connectivity index is 1.84. The Bertz CT molecular complexity index is 1130. The van der Waals surface area contributed by atoms with E-state index in [9.17, 15) is 9.59 Å². The average Bonchev–Trinajstić information content (AvgIpc) is 3.10. The van der Waals surface area contributed by atoms with Crippen molar-refractivity contribution in [2.75, 3.05) is 7.11 Å². The third-order valence-electron chi connectivity index (χ3n) is 5.06. The van der Waals surface area contributed by atoms with E-state index in [0.717, 1.165) is 22.6 Å². The van der Waals surface area contributed by atoms with E-state index in [4.69, 9.17) is 16.3 Å². The maximum Gasteiger partial charge on any atom is 0.197 e. The lowest BCUT2D eigenvalue weighted by Crippen LogP contribution is -2.03. The molecule has 140 valence electrons. The van der Waals surface area contributed by atoms with Crippen molar-refractivity contribution in [2.24, 2.45) is 0 Å². The molecule has 4 rings (SSSR count). The van der Waals surface area contributed by atoms with Crippen molar-refractivity contribution in [2.45, 2.75) is 13.8 Å². The number of aromatic nitrogens is 1. The van der Waals surface area contributed by atoms with E-state index in [0.29, 0.717) is 21.9 Å². The fourth-order valence-electron chi connectivity index (χ4n) is 3.70. The number of halogens is 1. The second-order valence-corrected chi connectivity index (χ2v) is 7.18. The van der Waals surface area contributed by atoms with E-state index in [1.54, 1.807) is 43.5 Å². The summed E-state index contributed by atoms with van der Waals surface area (Å²) >= 11 is 6.19. The third kappa shape index (κ3) is 2.77. The number of ether oxygens (including phenoxy) is 1. The quantitative estimate of drug-likeness (QED) is 0.454. The fourth-order valence-corrected chi connectivity index (χ4v) is 3.87. The second kappa shape index (κ2) is 6.80. The number of methoxy groups -OCH3 is 1. The molecule has 0 aliphatic heterocycles. The van der Waals surface area contributed by atoms with E-state index >= 15 is 0 Å². The van der Waals surface area contributed by atoms with Crippen molar-refractivity contribution >= 4 is 29.2 Å². The Morgan fingerprint density at radius 2 is 1.61 bits per heavy atom. The number of rotatable bonds is 3. The molecule has 0 saturated carbocycles. The van der Waals surface area contributed by atoms with Crippen molar-refractivity contribution in [1.82, 2.24) is 4.57 Å². The van der Waals surface area contributed by atoms with Gasteiger partial charge < -0.3 is 9.30 Å². The van der Waals surface area contributed by atoms with Crippen LogP contribution in [0.25, 0.3) is 11.8 Å². The Kier molecular flexibility index (Phi) is 4.44. The van der Waals surface area contributed by atoms with Crippen LogP contribution in [0.5, 0.6) is 5.75 Å². The molecule has 0 atom stereocenters. The molecule has 1 aliphatic rings. The molecule has 4 nitrogen and oxygen atoms in total. The largest absolute Gasteiger partial charge is 0.495 e. The molecule has 0 fully saturated rings. The highest BCUT2D eigenvalue weighted by atomic mass is 35.5. The summed E-state index contributed by atoms with van der Waals surface area (Å²) < 4.78 is 7.49. The average molecular weight is 392 g/mol. The summed E-state index contributed by atoms with van der Waals surface area (Å²) in [5, 5.41) is 0.597. The molecule has 28 heavy (non-hydrogen) atoms. The molecular weight excluding hydrogens is 374 g/mol. The minimum absolute atomic E-state index is 0.194. The molecule has 5 heteroatoms. The van der Waals surface area contributed by atoms with Crippen LogP contribution in [-0.2, 0) is 0 Å². The van der Waals surface area contributed by atoms with Crippen LogP contribution in [0, 0.1) is 13.8 Å². The van der Waals surface area contributed by atoms with Gasteiger partial charge in [0.1, 0.15) is 5.75 Å². The fraction of sp³-hybridized carbons (Fsp3) is 0.130. The lowest BCUT2D eigenvalue weighted by molar-refractivity contribution is 0.0990. The first-order chi connectivity index (χ1) is 13.4. The first kappa shape index (κ1) is 18.3. The van der Waals surface area contributed by atoms with Crippen LogP contribution in [0.3, 0.4) is 0 Å². The highest BCUT2D eigenvalue weighted by Gasteiger charge is 2.32. The number of aryl methyl sites for hydroxylation is 1. The zero-order chi connectivity index (χ0) is 20.0. The predicted octanol–water partition coefficient (Wildman–Crippen LogP) is 5.22. The molecule has 0 bridgehead atoms. The highest BCUT2D eigenvalue weighted by Crippen LogP contribution is 2.33. The number of hydrogen-bond acceptors (Lipinski definition) is 3. The summed E-state index contributed by atoms with van der Waals surface area (Å²) in [7, 11) is 1.61. The molecule has 0 radical (unpaired) electrons. The van der Waals surface area contributed by atoms with Gasteiger partial charge in [0, 0.05) is 27.5 Å². The second-order valence-electron chi connectivity index (χ2n) is 6.74. The van der Waals surface area contributed by atoms with Crippen LogP contribution in [0.2, 0.25) is 5.02 Å². The summed E-state index contributed by atoms with van der Waals surface area (Å²) in [5.74, 6) is 0.224. The van der Waals surface area contributed by atoms with E-state index in [1.807, 2.05) is 36.6 Å². The van der Waals surface area contributed by atoms with Gasteiger partial charge in [-0.15, -0.1) is 0 Å². The van der Waals surface area contributed by atoms with Crippen molar-refractivity contribution in [3.8, 4) is 11.4 Å². The third-order valence-corrected chi connectivity index (χ3v) is 5.29. The number of carbonyl (C=O) groups is 2. The maximum absolute atomic E-state index is 12.7. The molecular formula is C23H18ClNO3. The van der Waals surface area contributed by atoms with Crippen molar-refractivity contribution < 1.29 is 14.3 Å². The van der Waals surface area contributed by atoms with E-state index in [1.165, 1.54) is 0 Å². The van der Waals surface area contributed by atoms with Crippen LogP contribution < -0.4 is 4.74 Å². The lowest BCUT2D eigenvalue weighted by Gasteiger charge is -2.14. The summed E-state index contributed by atoms with van der Waals surface area (Å²) in [6, 6.07) is 14.3. The number of Topliss-reactive ketones (excluding diaryl/α,β-unsaturated/α-hetero) is 2. The Morgan fingerprint density at radius 3 is 2.21 bits per heavy atom. The smallest absolute Gasteiger partial charge is 0.197 e. The number of allylic oxidation sites excluding steroid dienone is 1. The maximum atomic E-state index is 12.7. The number of fused-ring (bicyclic) bond motifs is 1. The predicted molar refractivity (Wildman–Crippen MR) is 110 cm³/mol. The number of ketones is 2. The SMILES string of the molecule is COc1ccc(Cl)cc1-n1c(C)cc(C=C2C(=O)c3ccccc3C2=O)c1C. The van der Waals surface area contributed by atoms with E-state index in [2.05, 4.69) is 0 Å². The Labute approximate surface area is 168 Å². The summed E-state index contributed by atoms with van der Waals surface area (Å²) in [5.41, 5.74) is 4.57. The van der Waals surface area contributed by atoms with Crippen molar-refractivity contribution in [1.29, 1.82) is 0 Å². The Morgan fingerprint density at radius 1 is 0.964 bits per heavy atom. The minimum Gasteiger partial charge on any atom is -0.495 e. The zero-order valence-electron chi connectivity index (χ0n) is 15.7. The lowest BCUT2D eigenvalue weighted by atomic mass is 10.1. The molecule has 0 spiro atoms. The van der Waals surface area contributed by atoms with E-state index in [-0.39, 0.29) is 17.1 Å². The molecule has 3 aromatic rings. The monoisotopic (exact) mass is 391 g/mol. The first-order valence-corrected chi connectivity index (χ1v) is 9.23. The van der Waals surface area contributed by atoms with Crippen molar-refractivity contribution in [3.63, 3.8) is 0 Å². The minimum atomic E-state index is -0.231. The standard InChI is InChI=1S/C23H18ClNO3/c1-13-10-15(11-19-22(26)17-6-4-5-7-18(17)23(19)27)14(2)25(13)20-12-16(24)8-9-21(20)28-3/h4-12H,1-3H3. The van der Waals surface area contributed by atoms with Gasteiger partial charge in [-0.25, -0.2) is 0 Å². The molecule has 1 aromatic heterocycles.